The van der Waals surface area contributed by atoms with Crippen LogP contribution in [0.1, 0.15) is 17.9 Å². The maximum atomic E-state index is 11.8. The van der Waals surface area contributed by atoms with Crippen LogP contribution in [0.15, 0.2) is 30.3 Å². The molecule has 0 aromatic heterocycles. The molecular weight excluding hydrogens is 248 g/mol. The first kappa shape index (κ1) is 14.9. The lowest BCUT2D eigenvalue weighted by Crippen LogP contribution is -2.32. The Balaban J connectivity index is 3.15. The van der Waals surface area contributed by atoms with Crippen molar-refractivity contribution in [3.8, 4) is 0 Å². The van der Waals surface area contributed by atoms with E-state index in [9.17, 15) is 14.4 Å². The van der Waals surface area contributed by atoms with Crippen molar-refractivity contribution in [2.24, 2.45) is 5.92 Å². The second-order valence-electron chi connectivity index (χ2n) is 3.94. The minimum Gasteiger partial charge on any atom is -0.468 e. The molecule has 1 atom stereocenters. The van der Waals surface area contributed by atoms with Gasteiger partial charge in [-0.05, 0) is 5.56 Å². The summed E-state index contributed by atoms with van der Waals surface area (Å²) in [5.41, 5.74) is 0.718. The SMILES string of the molecule is COC(=O)C(C(=O)OC)[C@@H](CC=O)c1ccccc1. The summed E-state index contributed by atoms with van der Waals surface area (Å²) in [7, 11) is 2.39. The largest absolute Gasteiger partial charge is 0.468 e. The molecule has 0 fully saturated rings. The van der Waals surface area contributed by atoms with E-state index in [4.69, 9.17) is 0 Å². The number of hydrogen-bond acceptors (Lipinski definition) is 5. The van der Waals surface area contributed by atoms with Crippen LogP contribution in [-0.4, -0.2) is 32.4 Å². The topological polar surface area (TPSA) is 69.7 Å². The minimum atomic E-state index is -1.14. The molecule has 0 spiro atoms. The van der Waals surface area contributed by atoms with E-state index in [1.165, 1.54) is 14.2 Å². The van der Waals surface area contributed by atoms with Crippen molar-refractivity contribution < 1.29 is 23.9 Å². The average molecular weight is 264 g/mol. The van der Waals surface area contributed by atoms with Crippen LogP contribution in [0.4, 0.5) is 0 Å². The molecule has 1 aromatic carbocycles. The first-order valence-electron chi connectivity index (χ1n) is 5.80. The van der Waals surface area contributed by atoms with Gasteiger partial charge in [0.2, 0.25) is 0 Å². The van der Waals surface area contributed by atoms with E-state index in [-0.39, 0.29) is 6.42 Å². The molecule has 0 saturated heterocycles. The molecule has 0 N–H and O–H groups in total. The van der Waals surface area contributed by atoms with Crippen molar-refractivity contribution in [3.63, 3.8) is 0 Å². The van der Waals surface area contributed by atoms with Crippen molar-refractivity contribution in [1.29, 1.82) is 0 Å². The number of methoxy groups -OCH3 is 2. The number of rotatable bonds is 6. The number of hydrogen-bond donors (Lipinski definition) is 0. The van der Waals surface area contributed by atoms with Crippen LogP contribution < -0.4 is 0 Å². The van der Waals surface area contributed by atoms with E-state index < -0.39 is 23.8 Å². The maximum Gasteiger partial charge on any atom is 0.320 e. The summed E-state index contributed by atoms with van der Waals surface area (Å²) in [6, 6.07) is 8.88. The van der Waals surface area contributed by atoms with Crippen LogP contribution >= 0.6 is 0 Å². The lowest BCUT2D eigenvalue weighted by molar-refractivity contribution is -0.160. The monoisotopic (exact) mass is 264 g/mol. The third kappa shape index (κ3) is 3.64. The van der Waals surface area contributed by atoms with Crippen LogP contribution in [0.2, 0.25) is 0 Å². The standard InChI is InChI=1S/C14H16O5/c1-18-13(16)12(14(17)19-2)11(8-9-15)10-6-4-3-5-7-10/h3-7,9,11-12H,8H2,1-2H3/t11-/m0/s1. The Morgan fingerprint density at radius 1 is 1.11 bits per heavy atom. The average Bonchev–Trinajstić information content (AvgIpc) is 2.46. The van der Waals surface area contributed by atoms with Gasteiger partial charge in [-0.3, -0.25) is 9.59 Å². The molecular formula is C14H16O5. The lowest BCUT2D eigenvalue weighted by Gasteiger charge is -2.21. The van der Waals surface area contributed by atoms with Gasteiger partial charge in [0.05, 0.1) is 14.2 Å². The van der Waals surface area contributed by atoms with E-state index in [1.54, 1.807) is 24.3 Å². The molecule has 1 aromatic rings. The van der Waals surface area contributed by atoms with Gasteiger partial charge >= 0.3 is 11.9 Å². The second-order valence-corrected chi connectivity index (χ2v) is 3.94. The van der Waals surface area contributed by atoms with E-state index in [0.29, 0.717) is 6.29 Å². The van der Waals surface area contributed by atoms with E-state index in [2.05, 4.69) is 9.47 Å². The number of carbonyl (C=O) groups excluding carboxylic acids is 3. The molecule has 0 aliphatic heterocycles. The summed E-state index contributed by atoms with van der Waals surface area (Å²) in [6.45, 7) is 0. The third-order valence-electron chi connectivity index (χ3n) is 2.89. The summed E-state index contributed by atoms with van der Waals surface area (Å²) in [5, 5.41) is 0. The number of esters is 2. The highest BCUT2D eigenvalue weighted by Gasteiger charge is 2.37. The Labute approximate surface area is 111 Å². The predicted molar refractivity (Wildman–Crippen MR) is 67.4 cm³/mol. The zero-order valence-corrected chi connectivity index (χ0v) is 10.9. The molecule has 0 radical (unpaired) electrons. The number of ether oxygens (including phenoxy) is 2. The smallest absolute Gasteiger partial charge is 0.320 e. The van der Waals surface area contributed by atoms with Crippen molar-refractivity contribution in [3.05, 3.63) is 35.9 Å². The van der Waals surface area contributed by atoms with E-state index in [1.807, 2.05) is 6.07 Å². The lowest BCUT2D eigenvalue weighted by atomic mass is 9.84. The van der Waals surface area contributed by atoms with Crippen LogP contribution in [0.25, 0.3) is 0 Å². The van der Waals surface area contributed by atoms with Crippen LogP contribution in [-0.2, 0) is 23.9 Å². The summed E-state index contributed by atoms with van der Waals surface area (Å²) < 4.78 is 9.26. The quantitative estimate of drug-likeness (QED) is 0.440. The molecule has 0 aliphatic carbocycles. The van der Waals surface area contributed by atoms with Gasteiger partial charge in [-0.2, -0.15) is 0 Å². The molecule has 5 nitrogen and oxygen atoms in total. The first-order valence-corrected chi connectivity index (χ1v) is 5.80. The summed E-state index contributed by atoms with van der Waals surface area (Å²) in [5.74, 6) is -3.13. The fourth-order valence-corrected chi connectivity index (χ4v) is 1.95. The van der Waals surface area contributed by atoms with Gasteiger partial charge in [-0.1, -0.05) is 30.3 Å². The third-order valence-corrected chi connectivity index (χ3v) is 2.89. The summed E-state index contributed by atoms with van der Waals surface area (Å²) in [6.07, 6.45) is 0.718. The zero-order valence-electron chi connectivity index (χ0n) is 10.9. The molecule has 19 heavy (non-hydrogen) atoms. The maximum absolute atomic E-state index is 11.8. The van der Waals surface area contributed by atoms with Crippen molar-refractivity contribution in [1.82, 2.24) is 0 Å². The van der Waals surface area contributed by atoms with E-state index >= 15 is 0 Å². The van der Waals surface area contributed by atoms with Crippen molar-refractivity contribution in [2.45, 2.75) is 12.3 Å². The van der Waals surface area contributed by atoms with Gasteiger partial charge < -0.3 is 14.3 Å². The Morgan fingerprint density at radius 2 is 1.63 bits per heavy atom. The van der Waals surface area contributed by atoms with Crippen molar-refractivity contribution >= 4 is 18.2 Å². The fraction of sp³-hybridized carbons (Fsp3) is 0.357. The molecule has 0 unspecified atom stereocenters. The molecule has 1 rings (SSSR count). The normalized spacial score (nSPS) is 11.7. The highest BCUT2D eigenvalue weighted by atomic mass is 16.5. The zero-order chi connectivity index (χ0) is 14.3. The number of aldehydes is 1. The molecule has 5 heteroatoms. The summed E-state index contributed by atoms with van der Waals surface area (Å²) in [4.78, 5) is 34.3. The molecule has 0 aliphatic rings. The number of carbonyl (C=O) groups is 3. The van der Waals surface area contributed by atoms with Crippen LogP contribution in [0, 0.1) is 5.92 Å². The van der Waals surface area contributed by atoms with Crippen LogP contribution in [0.3, 0.4) is 0 Å². The predicted octanol–water partition coefficient (Wildman–Crippen LogP) is 1.32. The molecule has 0 heterocycles. The molecule has 0 amide bonds. The van der Waals surface area contributed by atoms with Crippen LogP contribution in [0.5, 0.6) is 0 Å². The Hall–Kier alpha value is -2.17. The minimum absolute atomic E-state index is 0.0406. The van der Waals surface area contributed by atoms with Gasteiger partial charge in [0, 0.05) is 12.3 Å². The van der Waals surface area contributed by atoms with Gasteiger partial charge in [0.1, 0.15) is 6.29 Å². The van der Waals surface area contributed by atoms with Gasteiger partial charge in [0.15, 0.2) is 5.92 Å². The fourth-order valence-electron chi connectivity index (χ4n) is 1.95. The molecule has 0 bridgehead atoms. The molecule has 102 valence electrons. The van der Waals surface area contributed by atoms with Gasteiger partial charge in [-0.25, -0.2) is 0 Å². The Morgan fingerprint density at radius 3 is 2.05 bits per heavy atom. The molecule has 0 saturated carbocycles. The highest BCUT2D eigenvalue weighted by Crippen LogP contribution is 2.29. The first-order chi connectivity index (χ1) is 9.15. The Kier molecular flexibility index (Phi) is 5.73. The second kappa shape index (κ2) is 7.31. The van der Waals surface area contributed by atoms with Crippen molar-refractivity contribution in [2.75, 3.05) is 14.2 Å². The summed E-state index contributed by atoms with van der Waals surface area (Å²) >= 11 is 0. The highest BCUT2D eigenvalue weighted by molar-refractivity contribution is 5.96. The van der Waals surface area contributed by atoms with Gasteiger partial charge in [-0.15, -0.1) is 0 Å². The van der Waals surface area contributed by atoms with Gasteiger partial charge in [0.25, 0.3) is 0 Å². The number of benzene rings is 1. The Bertz CT molecular complexity index is 424. The van der Waals surface area contributed by atoms with E-state index in [0.717, 1.165) is 5.56 Å².